The number of carboxylic acid groups (broad SMARTS) is 1. The van der Waals surface area contributed by atoms with Gasteiger partial charge in [0.15, 0.2) is 0 Å². The van der Waals surface area contributed by atoms with Crippen LogP contribution in [0, 0.1) is 5.82 Å². The van der Waals surface area contributed by atoms with Crippen molar-refractivity contribution in [3.63, 3.8) is 0 Å². The van der Waals surface area contributed by atoms with Crippen LogP contribution in [0.4, 0.5) is 4.39 Å². The van der Waals surface area contributed by atoms with Crippen molar-refractivity contribution in [1.82, 2.24) is 4.72 Å². The minimum atomic E-state index is -1.51. The van der Waals surface area contributed by atoms with Gasteiger partial charge in [-0.1, -0.05) is 18.2 Å². The summed E-state index contributed by atoms with van der Waals surface area (Å²) in [6, 6.07) is 5.92. The molecule has 0 bridgehead atoms. The number of nitrogens with one attached hydrogen (secondary N) is 1. The summed E-state index contributed by atoms with van der Waals surface area (Å²) in [5, 5.41) is 9.06. The molecule has 0 spiro atoms. The van der Waals surface area contributed by atoms with Crippen LogP contribution in [0.25, 0.3) is 0 Å². The van der Waals surface area contributed by atoms with E-state index in [1.54, 1.807) is 33.8 Å². The summed E-state index contributed by atoms with van der Waals surface area (Å²) in [7, 11) is 0. The van der Waals surface area contributed by atoms with E-state index < -0.39 is 33.4 Å². The highest BCUT2D eigenvalue weighted by Gasteiger charge is 2.40. The predicted molar refractivity (Wildman–Crippen MR) is 77.0 cm³/mol. The monoisotopic (exact) mass is 301 g/mol. The Morgan fingerprint density at radius 2 is 1.90 bits per heavy atom. The summed E-state index contributed by atoms with van der Waals surface area (Å²) in [6.45, 7) is 6.83. The number of aliphatic carboxylic acids is 1. The molecule has 112 valence electrons. The van der Waals surface area contributed by atoms with E-state index >= 15 is 0 Å². The first-order valence-electron chi connectivity index (χ1n) is 6.23. The van der Waals surface area contributed by atoms with Gasteiger partial charge in [-0.15, -0.1) is 4.72 Å². The molecule has 2 atom stereocenters. The van der Waals surface area contributed by atoms with E-state index in [0.717, 1.165) is 0 Å². The summed E-state index contributed by atoms with van der Waals surface area (Å²) in [6.07, 6.45) is -0.365. The van der Waals surface area contributed by atoms with E-state index in [1.807, 2.05) is 0 Å². The highest BCUT2D eigenvalue weighted by Crippen LogP contribution is 2.30. The van der Waals surface area contributed by atoms with Gasteiger partial charge in [-0.05, 0) is 33.8 Å². The molecular weight excluding hydrogens is 281 g/mol. The summed E-state index contributed by atoms with van der Waals surface area (Å²) in [4.78, 5) is 11.1. The van der Waals surface area contributed by atoms with Gasteiger partial charge in [0.2, 0.25) is 0 Å². The fourth-order valence-corrected chi connectivity index (χ4v) is 2.65. The molecule has 0 heterocycles. The number of hydrogen-bond acceptors (Lipinski definition) is 3. The summed E-state index contributed by atoms with van der Waals surface area (Å²) >= 11 is -1.51. The molecule has 1 unspecified atom stereocenters. The number of benzene rings is 1. The molecule has 6 heteroatoms. The van der Waals surface area contributed by atoms with E-state index in [-0.39, 0.29) is 12.0 Å². The van der Waals surface area contributed by atoms with Crippen molar-refractivity contribution < 1.29 is 18.8 Å². The first kappa shape index (κ1) is 16.9. The van der Waals surface area contributed by atoms with Crippen LogP contribution >= 0.6 is 0 Å². The third kappa shape index (κ3) is 4.19. The third-order valence-electron chi connectivity index (χ3n) is 2.85. The molecule has 4 nitrogen and oxygen atoms in total. The SMILES string of the molecule is CC(CC(=O)O)(N[S@+]([O-])C(C)(C)C)c1ccccc1F. The number of carbonyl (C=O) groups is 1. The van der Waals surface area contributed by atoms with Crippen LogP contribution in [-0.2, 0) is 21.7 Å². The smallest absolute Gasteiger partial charge is 0.305 e. The van der Waals surface area contributed by atoms with E-state index in [0.29, 0.717) is 0 Å². The molecule has 2 N–H and O–H groups in total. The Morgan fingerprint density at radius 3 is 2.35 bits per heavy atom. The second-order valence-corrected chi connectivity index (χ2v) is 7.83. The molecule has 0 fully saturated rings. The number of halogens is 1. The fourth-order valence-electron chi connectivity index (χ4n) is 1.76. The Morgan fingerprint density at radius 1 is 1.35 bits per heavy atom. The van der Waals surface area contributed by atoms with Gasteiger partial charge in [0.25, 0.3) is 0 Å². The lowest BCUT2D eigenvalue weighted by atomic mass is 9.89. The van der Waals surface area contributed by atoms with Crippen LogP contribution in [0.5, 0.6) is 0 Å². The Labute approximate surface area is 121 Å². The van der Waals surface area contributed by atoms with Crippen LogP contribution in [0.1, 0.15) is 39.7 Å². The zero-order valence-corrected chi connectivity index (χ0v) is 12.9. The van der Waals surface area contributed by atoms with E-state index in [4.69, 9.17) is 5.11 Å². The lowest BCUT2D eigenvalue weighted by Gasteiger charge is -2.34. The normalized spacial score (nSPS) is 16.5. The van der Waals surface area contributed by atoms with Gasteiger partial charge in [0, 0.05) is 16.9 Å². The van der Waals surface area contributed by atoms with Crippen molar-refractivity contribution in [3.8, 4) is 0 Å². The average Bonchev–Trinajstić information content (AvgIpc) is 2.26. The summed E-state index contributed by atoms with van der Waals surface area (Å²) in [5.74, 6) is -1.61. The minimum Gasteiger partial charge on any atom is -0.598 e. The molecule has 0 saturated carbocycles. The maximum absolute atomic E-state index is 14.0. The fraction of sp³-hybridized carbons (Fsp3) is 0.500. The number of hydrogen-bond donors (Lipinski definition) is 2. The topological polar surface area (TPSA) is 72.4 Å². The molecule has 0 aliphatic rings. The number of carboxylic acids is 1. The Kier molecular flexibility index (Phi) is 5.18. The molecule has 0 radical (unpaired) electrons. The maximum atomic E-state index is 14.0. The first-order chi connectivity index (χ1) is 9.06. The Balaban J connectivity index is 3.17. The largest absolute Gasteiger partial charge is 0.598 e. The van der Waals surface area contributed by atoms with Gasteiger partial charge in [-0.25, -0.2) is 4.39 Å². The molecule has 0 amide bonds. The van der Waals surface area contributed by atoms with Crippen LogP contribution in [-0.4, -0.2) is 20.4 Å². The molecule has 0 saturated heterocycles. The standard InChI is InChI=1S/C14H20FNO3S/c1-13(2,3)20(19)16-14(4,9-12(17)18)10-7-5-6-8-11(10)15/h5-8,16H,9H2,1-4H3,(H,17,18)/t14?,20-/m1/s1. The van der Waals surface area contributed by atoms with Crippen molar-refractivity contribution in [1.29, 1.82) is 0 Å². The van der Waals surface area contributed by atoms with Crippen molar-refractivity contribution in [3.05, 3.63) is 35.6 Å². The number of rotatable bonds is 5. The van der Waals surface area contributed by atoms with E-state index in [2.05, 4.69) is 4.72 Å². The van der Waals surface area contributed by atoms with Crippen LogP contribution < -0.4 is 4.72 Å². The third-order valence-corrected chi connectivity index (χ3v) is 4.60. The van der Waals surface area contributed by atoms with Crippen LogP contribution in [0.3, 0.4) is 0 Å². The van der Waals surface area contributed by atoms with Crippen LogP contribution in [0.15, 0.2) is 24.3 Å². The summed E-state index contributed by atoms with van der Waals surface area (Å²) in [5.41, 5.74) is -1.05. The van der Waals surface area contributed by atoms with Crippen LogP contribution in [0.2, 0.25) is 0 Å². The van der Waals surface area contributed by atoms with E-state index in [9.17, 15) is 13.7 Å². The lowest BCUT2D eigenvalue weighted by Crippen LogP contribution is -2.51. The second-order valence-electron chi connectivity index (χ2n) is 5.87. The minimum absolute atomic E-state index is 0.194. The highest BCUT2D eigenvalue weighted by atomic mass is 32.2. The van der Waals surface area contributed by atoms with Gasteiger partial charge in [0.05, 0.1) is 12.0 Å². The lowest BCUT2D eigenvalue weighted by molar-refractivity contribution is -0.138. The van der Waals surface area contributed by atoms with Crippen molar-refractivity contribution >= 4 is 17.3 Å². The molecule has 1 aromatic carbocycles. The zero-order chi connectivity index (χ0) is 15.6. The molecule has 0 aliphatic carbocycles. The molecule has 20 heavy (non-hydrogen) atoms. The summed E-state index contributed by atoms with van der Waals surface area (Å²) < 4.78 is 28.4. The Hall–Kier alpha value is -1.11. The molecular formula is C14H20FNO3S. The quantitative estimate of drug-likeness (QED) is 0.820. The molecule has 1 aromatic rings. The van der Waals surface area contributed by atoms with Gasteiger partial charge >= 0.3 is 5.97 Å². The van der Waals surface area contributed by atoms with Crippen molar-refractivity contribution in [2.45, 2.75) is 44.4 Å². The van der Waals surface area contributed by atoms with Gasteiger partial charge in [-0.2, -0.15) is 0 Å². The average molecular weight is 301 g/mol. The second kappa shape index (κ2) is 6.11. The highest BCUT2D eigenvalue weighted by molar-refractivity contribution is 7.90. The molecule has 1 rings (SSSR count). The van der Waals surface area contributed by atoms with Gasteiger partial charge < -0.3 is 9.66 Å². The molecule has 0 aromatic heterocycles. The first-order valence-corrected chi connectivity index (χ1v) is 7.38. The Bertz CT molecular complexity index is 490. The van der Waals surface area contributed by atoms with Gasteiger partial charge in [0.1, 0.15) is 10.6 Å². The maximum Gasteiger partial charge on any atom is 0.305 e. The zero-order valence-electron chi connectivity index (χ0n) is 12.1. The predicted octanol–water partition coefficient (Wildman–Crippen LogP) is 2.57. The van der Waals surface area contributed by atoms with Crippen molar-refractivity contribution in [2.24, 2.45) is 0 Å². The molecule has 0 aliphatic heterocycles. The van der Waals surface area contributed by atoms with Crippen molar-refractivity contribution in [2.75, 3.05) is 0 Å². The van der Waals surface area contributed by atoms with E-state index in [1.165, 1.54) is 18.2 Å². The van der Waals surface area contributed by atoms with Gasteiger partial charge in [-0.3, -0.25) is 4.79 Å².